The lowest BCUT2D eigenvalue weighted by Crippen LogP contribution is -2.40. The summed E-state index contributed by atoms with van der Waals surface area (Å²) in [7, 11) is 1.56. The molecule has 2 aromatic carbocycles. The highest BCUT2D eigenvalue weighted by Crippen LogP contribution is 2.24. The summed E-state index contributed by atoms with van der Waals surface area (Å²) in [6.45, 7) is 2.67. The molecule has 0 bridgehead atoms. The Morgan fingerprint density at radius 1 is 1.06 bits per heavy atom. The lowest BCUT2D eigenvalue weighted by molar-refractivity contribution is -0.136. The van der Waals surface area contributed by atoms with Gasteiger partial charge in [0.05, 0.1) is 5.52 Å². The van der Waals surface area contributed by atoms with Gasteiger partial charge in [0.15, 0.2) is 0 Å². The molecule has 3 rings (SSSR count). The van der Waals surface area contributed by atoms with Gasteiger partial charge in [-0.1, -0.05) is 34.1 Å². The molecule has 3 amide bonds. The number of ether oxygens (including phenoxy) is 1. The smallest absolute Gasteiger partial charge is 0.328 e. The number of carbonyl (C=O) groups excluding carboxylic acids is 3. The molecule has 162 valence electrons. The minimum absolute atomic E-state index is 0.192. The molecule has 8 nitrogen and oxygen atoms in total. The third-order valence-electron chi connectivity index (χ3n) is 4.62. The Balaban J connectivity index is 1.87. The summed E-state index contributed by atoms with van der Waals surface area (Å²) >= 11 is 3.41. The Bertz CT molecular complexity index is 1130. The molecule has 3 N–H and O–H groups in total. The molecular formula is C22H23BrN4O4. The summed E-state index contributed by atoms with van der Waals surface area (Å²) in [6, 6.07) is 14.4. The van der Waals surface area contributed by atoms with E-state index in [1.54, 1.807) is 31.4 Å². The molecule has 31 heavy (non-hydrogen) atoms. The topological polar surface area (TPSA) is 101 Å². The number of halogens is 1. The fraction of sp³-hybridized carbons (Fsp3) is 0.227. The van der Waals surface area contributed by atoms with Crippen LogP contribution >= 0.6 is 15.9 Å². The average Bonchev–Trinajstić information content (AvgIpc) is 3.10. The first-order valence-electron chi connectivity index (χ1n) is 9.67. The number of aryl methyl sites for hydroxylation is 1. The Labute approximate surface area is 188 Å². The third-order valence-corrected chi connectivity index (χ3v) is 5.11. The van der Waals surface area contributed by atoms with Crippen LogP contribution in [0.25, 0.3) is 10.9 Å². The van der Waals surface area contributed by atoms with Crippen molar-refractivity contribution in [1.29, 1.82) is 0 Å². The SMILES string of the molecule is COCCCNC(=O)C(=O)Nn1c(C(=O)Nc2ccccc2C)cc2cc(Br)ccc21. The molecule has 9 heteroatoms. The van der Waals surface area contributed by atoms with Crippen LogP contribution in [-0.4, -0.2) is 42.7 Å². The zero-order valence-corrected chi connectivity index (χ0v) is 18.8. The third kappa shape index (κ3) is 5.50. The van der Waals surface area contributed by atoms with E-state index >= 15 is 0 Å². The number of rotatable bonds is 7. The predicted octanol–water partition coefficient (Wildman–Crippen LogP) is 3.19. The molecule has 0 spiro atoms. The Kier molecular flexibility index (Phi) is 7.43. The van der Waals surface area contributed by atoms with Crippen molar-refractivity contribution in [1.82, 2.24) is 9.99 Å². The van der Waals surface area contributed by atoms with Gasteiger partial charge in [0.1, 0.15) is 5.69 Å². The minimum atomic E-state index is -0.872. The molecule has 0 aliphatic heterocycles. The van der Waals surface area contributed by atoms with Gasteiger partial charge in [0.2, 0.25) is 0 Å². The molecule has 1 aromatic heterocycles. The van der Waals surface area contributed by atoms with Crippen LogP contribution in [0, 0.1) is 6.92 Å². The molecule has 0 radical (unpaired) electrons. The van der Waals surface area contributed by atoms with Crippen LogP contribution in [0.4, 0.5) is 5.69 Å². The van der Waals surface area contributed by atoms with E-state index in [9.17, 15) is 14.4 Å². The van der Waals surface area contributed by atoms with Gasteiger partial charge < -0.3 is 15.4 Å². The van der Waals surface area contributed by atoms with Crippen molar-refractivity contribution in [3.05, 3.63) is 64.3 Å². The summed E-state index contributed by atoms with van der Waals surface area (Å²) < 4.78 is 7.07. The number of carbonyl (C=O) groups is 3. The number of methoxy groups -OCH3 is 1. The van der Waals surface area contributed by atoms with E-state index in [1.807, 2.05) is 31.2 Å². The summed E-state index contributed by atoms with van der Waals surface area (Å²) in [5.74, 6) is -2.08. The Hall–Kier alpha value is -3.17. The number of aromatic nitrogens is 1. The molecule has 1 heterocycles. The zero-order chi connectivity index (χ0) is 22.4. The van der Waals surface area contributed by atoms with Crippen LogP contribution in [0.2, 0.25) is 0 Å². The van der Waals surface area contributed by atoms with Crippen LogP contribution in [-0.2, 0) is 14.3 Å². The summed E-state index contributed by atoms with van der Waals surface area (Å²) in [6.07, 6.45) is 0.583. The van der Waals surface area contributed by atoms with Crippen molar-refractivity contribution in [2.24, 2.45) is 0 Å². The van der Waals surface area contributed by atoms with Crippen molar-refractivity contribution in [2.75, 3.05) is 31.0 Å². The van der Waals surface area contributed by atoms with Gasteiger partial charge in [-0.05, 0) is 49.2 Å². The number of amides is 3. The monoisotopic (exact) mass is 486 g/mol. The number of para-hydroxylation sites is 1. The lowest BCUT2D eigenvalue weighted by Gasteiger charge is -2.13. The van der Waals surface area contributed by atoms with Gasteiger partial charge in [-0.2, -0.15) is 0 Å². The molecule has 0 aliphatic carbocycles. The van der Waals surface area contributed by atoms with Gasteiger partial charge >= 0.3 is 11.8 Å². The highest BCUT2D eigenvalue weighted by Gasteiger charge is 2.21. The van der Waals surface area contributed by atoms with Gasteiger partial charge in [0.25, 0.3) is 5.91 Å². The highest BCUT2D eigenvalue weighted by molar-refractivity contribution is 9.10. The maximum atomic E-state index is 13.0. The average molecular weight is 487 g/mol. The first-order valence-corrected chi connectivity index (χ1v) is 10.5. The Morgan fingerprint density at radius 2 is 1.84 bits per heavy atom. The lowest BCUT2D eigenvalue weighted by atomic mass is 10.2. The second-order valence-electron chi connectivity index (χ2n) is 6.88. The van der Waals surface area contributed by atoms with E-state index in [0.717, 1.165) is 15.4 Å². The predicted molar refractivity (Wildman–Crippen MR) is 123 cm³/mol. The first-order chi connectivity index (χ1) is 14.9. The van der Waals surface area contributed by atoms with Crippen LogP contribution in [0.5, 0.6) is 0 Å². The molecular weight excluding hydrogens is 464 g/mol. The van der Waals surface area contributed by atoms with Gasteiger partial charge in [-0.25, -0.2) is 4.68 Å². The van der Waals surface area contributed by atoms with Crippen molar-refractivity contribution in [3.8, 4) is 0 Å². The molecule has 0 saturated heterocycles. The number of anilines is 1. The maximum Gasteiger partial charge on any atom is 0.328 e. The highest BCUT2D eigenvalue weighted by atomic mass is 79.9. The largest absolute Gasteiger partial charge is 0.385 e. The van der Waals surface area contributed by atoms with Crippen LogP contribution < -0.4 is 16.1 Å². The van der Waals surface area contributed by atoms with Gasteiger partial charge in [-0.3, -0.25) is 19.8 Å². The van der Waals surface area contributed by atoms with Crippen molar-refractivity contribution in [2.45, 2.75) is 13.3 Å². The van der Waals surface area contributed by atoms with Gasteiger partial charge in [0, 0.05) is 35.8 Å². The molecule has 0 fully saturated rings. The van der Waals surface area contributed by atoms with Crippen LogP contribution in [0.15, 0.2) is 53.0 Å². The quantitative estimate of drug-likeness (QED) is 0.352. The van der Waals surface area contributed by atoms with E-state index < -0.39 is 17.7 Å². The molecule has 0 atom stereocenters. The summed E-state index contributed by atoms with van der Waals surface area (Å²) in [5, 5.41) is 6.11. The number of benzene rings is 2. The molecule has 0 saturated carbocycles. The maximum absolute atomic E-state index is 13.0. The van der Waals surface area contributed by atoms with Crippen molar-refractivity contribution < 1.29 is 19.1 Å². The van der Waals surface area contributed by atoms with Crippen LogP contribution in [0.3, 0.4) is 0 Å². The first kappa shape index (κ1) is 22.5. The zero-order valence-electron chi connectivity index (χ0n) is 17.2. The van der Waals surface area contributed by atoms with Crippen LogP contribution in [0.1, 0.15) is 22.5 Å². The van der Waals surface area contributed by atoms with Crippen molar-refractivity contribution >= 4 is 50.2 Å². The van der Waals surface area contributed by atoms with E-state index in [2.05, 4.69) is 32.0 Å². The van der Waals surface area contributed by atoms with Gasteiger partial charge in [-0.15, -0.1) is 0 Å². The number of nitrogens with one attached hydrogen (secondary N) is 3. The van der Waals surface area contributed by atoms with E-state index in [0.29, 0.717) is 30.8 Å². The fourth-order valence-corrected chi connectivity index (χ4v) is 3.40. The Morgan fingerprint density at radius 3 is 2.58 bits per heavy atom. The number of fused-ring (bicyclic) bond motifs is 1. The fourth-order valence-electron chi connectivity index (χ4n) is 3.02. The summed E-state index contributed by atoms with van der Waals surface area (Å²) in [4.78, 5) is 37.6. The van der Waals surface area contributed by atoms with E-state index in [1.165, 1.54) is 4.68 Å². The van der Waals surface area contributed by atoms with Crippen molar-refractivity contribution in [3.63, 3.8) is 0 Å². The molecule has 3 aromatic rings. The molecule has 0 aliphatic rings. The number of hydrogen-bond donors (Lipinski definition) is 3. The van der Waals surface area contributed by atoms with E-state index in [-0.39, 0.29) is 5.69 Å². The second kappa shape index (κ2) is 10.2. The van der Waals surface area contributed by atoms with E-state index in [4.69, 9.17) is 4.74 Å². The number of hydrogen-bond acceptors (Lipinski definition) is 4. The standard InChI is InChI=1S/C22H23BrN4O4/c1-14-6-3-4-7-17(14)25-20(28)19-13-15-12-16(23)8-9-18(15)27(19)26-22(30)21(29)24-10-5-11-31-2/h3-4,6-9,12-13H,5,10-11H2,1-2H3,(H,24,29)(H,25,28)(H,26,30). The molecule has 0 unspecified atom stereocenters. The summed E-state index contributed by atoms with van der Waals surface area (Å²) in [5.41, 5.74) is 4.87. The minimum Gasteiger partial charge on any atom is -0.385 e. The second-order valence-corrected chi connectivity index (χ2v) is 7.80. The normalized spacial score (nSPS) is 10.7. The number of nitrogens with zero attached hydrogens (tertiary/aromatic N) is 1.